The Hall–Kier alpha value is -2.61. The normalized spacial score (nSPS) is 10.5. The first-order valence-corrected chi connectivity index (χ1v) is 7.08. The van der Waals surface area contributed by atoms with Crippen LogP contribution in [0.2, 0.25) is 0 Å². The molecule has 5 nitrogen and oxygen atoms in total. The van der Waals surface area contributed by atoms with Crippen LogP contribution in [0.25, 0.3) is 0 Å². The molecule has 0 radical (unpaired) electrons. The molecular weight excluding hydrogens is 282 g/mol. The van der Waals surface area contributed by atoms with E-state index < -0.39 is 11.9 Å². The Morgan fingerprint density at radius 2 is 1.82 bits per heavy atom. The molecule has 0 bridgehead atoms. The van der Waals surface area contributed by atoms with Crippen molar-refractivity contribution in [3.63, 3.8) is 0 Å². The van der Waals surface area contributed by atoms with E-state index in [-0.39, 0.29) is 0 Å². The predicted octanol–water partition coefficient (Wildman–Crippen LogP) is 3.00. The largest absolute Gasteiger partial charge is 0.463 e. The molecule has 0 amide bonds. The first-order chi connectivity index (χ1) is 10.5. The van der Waals surface area contributed by atoms with E-state index >= 15 is 0 Å². The van der Waals surface area contributed by atoms with Gasteiger partial charge in [-0.25, -0.2) is 9.59 Å². The molecule has 0 aromatic heterocycles. The number of ether oxygens (including phenoxy) is 2. The molecule has 1 aromatic rings. The van der Waals surface area contributed by atoms with Gasteiger partial charge in [0.2, 0.25) is 0 Å². The lowest BCUT2D eigenvalue weighted by Gasteiger charge is -2.04. The summed E-state index contributed by atoms with van der Waals surface area (Å²) in [5.74, 6) is -0.375. The maximum absolute atomic E-state index is 11.5. The Morgan fingerprint density at radius 3 is 2.41 bits per heavy atom. The van der Waals surface area contributed by atoms with Crippen molar-refractivity contribution in [2.75, 3.05) is 6.61 Å². The lowest BCUT2D eigenvalue weighted by Crippen LogP contribution is -2.07. The number of nitriles is 1. The maximum atomic E-state index is 11.5. The predicted molar refractivity (Wildman–Crippen MR) is 81.0 cm³/mol. The van der Waals surface area contributed by atoms with Gasteiger partial charge in [-0.3, -0.25) is 0 Å². The molecule has 0 aliphatic heterocycles. The van der Waals surface area contributed by atoms with Crippen LogP contribution >= 0.6 is 0 Å². The second-order valence-electron chi connectivity index (χ2n) is 5.09. The molecule has 0 saturated carbocycles. The van der Waals surface area contributed by atoms with Crippen LogP contribution in [0.15, 0.2) is 36.4 Å². The zero-order valence-corrected chi connectivity index (χ0v) is 12.7. The van der Waals surface area contributed by atoms with Crippen molar-refractivity contribution in [2.45, 2.75) is 26.7 Å². The van der Waals surface area contributed by atoms with Crippen LogP contribution in [0.3, 0.4) is 0 Å². The maximum Gasteiger partial charge on any atom is 0.336 e. The summed E-state index contributed by atoms with van der Waals surface area (Å²) < 4.78 is 9.93. The van der Waals surface area contributed by atoms with Gasteiger partial charge in [-0.2, -0.15) is 5.26 Å². The average Bonchev–Trinajstić information content (AvgIpc) is 2.50. The molecule has 1 aromatic carbocycles. The van der Waals surface area contributed by atoms with Gasteiger partial charge in [0.1, 0.15) is 5.75 Å². The molecule has 0 spiro atoms. The zero-order chi connectivity index (χ0) is 16.4. The standard InChI is InChI=1S/C17H19NO4/c1-13(2)4-3-11-21-16(19)9-10-17(20)22-15-7-5-14(12-18)6-8-15/h5-10,13H,3-4,11H2,1-2H3/b10-9+. The minimum Gasteiger partial charge on any atom is -0.463 e. The average molecular weight is 301 g/mol. The molecule has 0 heterocycles. The van der Waals surface area contributed by atoms with E-state index in [1.165, 1.54) is 24.3 Å². The molecule has 0 N–H and O–H groups in total. The third-order valence-corrected chi connectivity index (χ3v) is 2.73. The Balaban J connectivity index is 2.34. The van der Waals surface area contributed by atoms with Gasteiger partial charge in [-0.1, -0.05) is 13.8 Å². The third-order valence-electron chi connectivity index (χ3n) is 2.73. The minimum absolute atomic E-state index is 0.305. The SMILES string of the molecule is CC(C)CCCOC(=O)/C=C/C(=O)Oc1ccc(C#N)cc1. The number of carbonyl (C=O) groups is 2. The van der Waals surface area contributed by atoms with E-state index in [0.717, 1.165) is 25.0 Å². The Bertz CT molecular complexity index is 567. The van der Waals surface area contributed by atoms with Gasteiger partial charge in [0.25, 0.3) is 0 Å². The van der Waals surface area contributed by atoms with Crippen LogP contribution in [-0.2, 0) is 14.3 Å². The molecule has 22 heavy (non-hydrogen) atoms. The van der Waals surface area contributed by atoms with Crippen LogP contribution in [0.1, 0.15) is 32.3 Å². The first-order valence-electron chi connectivity index (χ1n) is 7.08. The monoisotopic (exact) mass is 301 g/mol. The van der Waals surface area contributed by atoms with Crippen LogP contribution < -0.4 is 4.74 Å². The van der Waals surface area contributed by atoms with Gasteiger partial charge in [-0.05, 0) is 43.0 Å². The van der Waals surface area contributed by atoms with E-state index in [1.807, 2.05) is 6.07 Å². The minimum atomic E-state index is -0.677. The number of esters is 2. The summed E-state index contributed by atoms with van der Waals surface area (Å²) >= 11 is 0. The smallest absolute Gasteiger partial charge is 0.336 e. The fourth-order valence-electron chi connectivity index (χ4n) is 1.60. The molecule has 0 atom stereocenters. The molecule has 0 aliphatic rings. The van der Waals surface area contributed by atoms with E-state index in [2.05, 4.69) is 13.8 Å². The highest BCUT2D eigenvalue weighted by Crippen LogP contribution is 2.11. The Kier molecular flexibility index (Phi) is 7.41. The first kappa shape index (κ1) is 17.4. The summed E-state index contributed by atoms with van der Waals surface area (Å²) in [4.78, 5) is 22.9. The second-order valence-corrected chi connectivity index (χ2v) is 5.09. The molecule has 0 aliphatic carbocycles. The number of carbonyl (C=O) groups excluding carboxylic acids is 2. The Morgan fingerprint density at radius 1 is 1.18 bits per heavy atom. The molecule has 0 fully saturated rings. The van der Waals surface area contributed by atoms with E-state index in [0.29, 0.717) is 23.8 Å². The summed E-state index contributed by atoms with van der Waals surface area (Å²) in [5.41, 5.74) is 0.473. The highest BCUT2D eigenvalue weighted by Gasteiger charge is 2.03. The fourth-order valence-corrected chi connectivity index (χ4v) is 1.60. The van der Waals surface area contributed by atoms with Gasteiger partial charge in [0, 0.05) is 12.2 Å². The van der Waals surface area contributed by atoms with Crippen molar-refractivity contribution in [1.29, 1.82) is 5.26 Å². The summed E-state index contributed by atoms with van der Waals surface area (Å²) in [7, 11) is 0. The van der Waals surface area contributed by atoms with Crippen LogP contribution in [0.5, 0.6) is 5.75 Å². The van der Waals surface area contributed by atoms with Crippen LogP contribution in [0, 0.1) is 17.2 Å². The Labute approximate surface area is 130 Å². The van der Waals surface area contributed by atoms with E-state index in [1.54, 1.807) is 0 Å². The van der Waals surface area contributed by atoms with Gasteiger partial charge < -0.3 is 9.47 Å². The second kappa shape index (κ2) is 9.35. The number of hydrogen-bond donors (Lipinski definition) is 0. The van der Waals surface area contributed by atoms with Crippen LogP contribution in [-0.4, -0.2) is 18.5 Å². The van der Waals surface area contributed by atoms with Gasteiger partial charge >= 0.3 is 11.9 Å². The van der Waals surface area contributed by atoms with Gasteiger partial charge in [0.15, 0.2) is 0 Å². The van der Waals surface area contributed by atoms with Crippen molar-refractivity contribution in [3.05, 3.63) is 42.0 Å². The molecule has 0 unspecified atom stereocenters. The lowest BCUT2D eigenvalue weighted by molar-refractivity contribution is -0.138. The van der Waals surface area contributed by atoms with Crippen molar-refractivity contribution in [2.24, 2.45) is 5.92 Å². The van der Waals surface area contributed by atoms with Crippen molar-refractivity contribution in [3.8, 4) is 11.8 Å². The summed E-state index contributed by atoms with van der Waals surface area (Å²) in [5, 5.41) is 8.65. The van der Waals surface area contributed by atoms with Crippen molar-refractivity contribution in [1.82, 2.24) is 0 Å². The van der Waals surface area contributed by atoms with E-state index in [9.17, 15) is 9.59 Å². The quantitative estimate of drug-likeness (QED) is 0.335. The summed E-state index contributed by atoms with van der Waals surface area (Å²) in [6, 6.07) is 8.05. The highest BCUT2D eigenvalue weighted by molar-refractivity contribution is 5.92. The lowest BCUT2D eigenvalue weighted by atomic mass is 10.1. The molecular formula is C17H19NO4. The number of nitrogens with zero attached hydrogens (tertiary/aromatic N) is 1. The summed E-state index contributed by atoms with van der Waals surface area (Å²) in [6.45, 7) is 4.54. The summed E-state index contributed by atoms with van der Waals surface area (Å²) in [6.07, 6.45) is 3.84. The fraction of sp³-hybridized carbons (Fsp3) is 0.353. The van der Waals surface area contributed by atoms with Crippen molar-refractivity contribution >= 4 is 11.9 Å². The molecule has 0 saturated heterocycles. The molecule has 5 heteroatoms. The number of benzene rings is 1. The molecule has 116 valence electrons. The zero-order valence-electron chi connectivity index (χ0n) is 12.7. The highest BCUT2D eigenvalue weighted by atomic mass is 16.5. The topological polar surface area (TPSA) is 76.4 Å². The van der Waals surface area contributed by atoms with Gasteiger partial charge in [0.05, 0.1) is 18.2 Å². The molecule has 1 rings (SSSR count). The number of hydrogen-bond acceptors (Lipinski definition) is 5. The van der Waals surface area contributed by atoms with Gasteiger partial charge in [-0.15, -0.1) is 0 Å². The van der Waals surface area contributed by atoms with Crippen molar-refractivity contribution < 1.29 is 19.1 Å². The van der Waals surface area contributed by atoms with E-state index in [4.69, 9.17) is 14.7 Å². The third kappa shape index (κ3) is 7.25. The van der Waals surface area contributed by atoms with Crippen LogP contribution in [0.4, 0.5) is 0 Å². The number of rotatable bonds is 7.